The molecule has 0 unspecified atom stereocenters. The van der Waals surface area contributed by atoms with Crippen molar-refractivity contribution in [3.8, 4) is 0 Å². The molecule has 0 bridgehead atoms. The van der Waals surface area contributed by atoms with E-state index >= 15 is 0 Å². The van der Waals surface area contributed by atoms with Crippen molar-refractivity contribution in [2.45, 2.75) is 51.9 Å². The molecule has 0 heterocycles. The number of unbranched alkanes of at least 4 members (excludes halogenated alkanes) is 5. The Morgan fingerprint density at radius 2 is 0.714 bits per heavy atom. The molecule has 0 atom stereocenters. The molecule has 0 N–H and O–H groups in total. The molecule has 0 saturated carbocycles. The lowest BCUT2D eigenvalue weighted by atomic mass is 10.2. The van der Waals surface area contributed by atoms with Crippen LogP contribution in [0.5, 0.6) is 0 Å². The standard InChI is InChI=1S/C21H43IO6/c1-2-3-7-10-23-12-14-25-16-18-27-20-21-28-19-17-26-15-13-24-11-8-5-4-6-9-22/h2-21H2,1H3. The van der Waals surface area contributed by atoms with Crippen molar-refractivity contribution in [1.82, 2.24) is 0 Å². The van der Waals surface area contributed by atoms with Gasteiger partial charge in [-0.1, -0.05) is 55.2 Å². The SMILES string of the molecule is CCCCCOCCOCCOCCOCCOCCOCCCCCCI. The fourth-order valence-electron chi connectivity index (χ4n) is 2.31. The second kappa shape index (κ2) is 27.5. The molecule has 0 aliphatic carbocycles. The summed E-state index contributed by atoms with van der Waals surface area (Å²) < 4.78 is 34.1. The zero-order valence-corrected chi connectivity index (χ0v) is 20.1. The van der Waals surface area contributed by atoms with Crippen LogP contribution in [0.4, 0.5) is 0 Å². The third-order valence-corrected chi connectivity index (χ3v) is 4.69. The lowest BCUT2D eigenvalue weighted by molar-refractivity contribution is -0.0169. The maximum atomic E-state index is 5.54. The van der Waals surface area contributed by atoms with E-state index in [1.165, 1.54) is 36.5 Å². The van der Waals surface area contributed by atoms with E-state index in [2.05, 4.69) is 29.5 Å². The number of alkyl halides is 1. The number of ether oxygens (including phenoxy) is 6. The molecule has 0 rings (SSSR count). The summed E-state index contributed by atoms with van der Waals surface area (Å²) in [5, 5.41) is 0. The molecule has 0 spiro atoms. The fraction of sp³-hybridized carbons (Fsp3) is 1.00. The molecule has 0 aromatic heterocycles. The maximum absolute atomic E-state index is 5.54. The van der Waals surface area contributed by atoms with E-state index in [0.717, 1.165) is 26.1 Å². The fourth-order valence-corrected chi connectivity index (χ4v) is 2.85. The second-order valence-corrected chi connectivity index (χ2v) is 7.56. The Morgan fingerprint density at radius 3 is 1.07 bits per heavy atom. The van der Waals surface area contributed by atoms with Gasteiger partial charge in [-0.15, -0.1) is 0 Å². The van der Waals surface area contributed by atoms with Crippen molar-refractivity contribution >= 4 is 22.6 Å². The minimum Gasteiger partial charge on any atom is -0.379 e. The van der Waals surface area contributed by atoms with Crippen LogP contribution in [0.3, 0.4) is 0 Å². The normalized spacial score (nSPS) is 11.4. The van der Waals surface area contributed by atoms with Crippen LogP contribution in [0.15, 0.2) is 0 Å². The van der Waals surface area contributed by atoms with Crippen LogP contribution in [0.25, 0.3) is 0 Å². The Kier molecular flexibility index (Phi) is 28.0. The lowest BCUT2D eigenvalue weighted by Gasteiger charge is -2.08. The van der Waals surface area contributed by atoms with Crippen LogP contribution in [0.1, 0.15) is 51.9 Å². The van der Waals surface area contributed by atoms with Gasteiger partial charge in [0.05, 0.1) is 66.1 Å². The van der Waals surface area contributed by atoms with Gasteiger partial charge in [-0.25, -0.2) is 0 Å². The van der Waals surface area contributed by atoms with E-state index in [4.69, 9.17) is 28.4 Å². The summed E-state index contributed by atoms with van der Waals surface area (Å²) in [6, 6.07) is 0. The van der Waals surface area contributed by atoms with Crippen molar-refractivity contribution in [2.24, 2.45) is 0 Å². The summed E-state index contributed by atoms with van der Waals surface area (Å²) in [4.78, 5) is 0. The molecule has 6 nitrogen and oxygen atoms in total. The van der Waals surface area contributed by atoms with E-state index in [0.29, 0.717) is 66.1 Å². The van der Waals surface area contributed by atoms with Gasteiger partial charge in [0.1, 0.15) is 0 Å². The first-order valence-corrected chi connectivity index (χ1v) is 12.5. The molecule has 0 aromatic rings. The molecule has 0 aliphatic rings. The molecule has 0 aromatic carbocycles. The summed E-state index contributed by atoms with van der Waals surface area (Å²) in [6.45, 7) is 9.99. The number of hydrogen-bond donors (Lipinski definition) is 0. The molecule has 0 amide bonds. The van der Waals surface area contributed by atoms with Crippen LogP contribution in [0.2, 0.25) is 0 Å². The largest absolute Gasteiger partial charge is 0.379 e. The molecular weight excluding hydrogens is 475 g/mol. The smallest absolute Gasteiger partial charge is 0.0701 e. The van der Waals surface area contributed by atoms with Crippen LogP contribution in [-0.4, -0.2) is 83.7 Å². The van der Waals surface area contributed by atoms with Crippen molar-refractivity contribution in [1.29, 1.82) is 0 Å². The van der Waals surface area contributed by atoms with E-state index < -0.39 is 0 Å². The molecule has 0 radical (unpaired) electrons. The third kappa shape index (κ3) is 26.5. The molecule has 28 heavy (non-hydrogen) atoms. The Labute approximate surface area is 186 Å². The number of rotatable bonds is 25. The molecule has 170 valence electrons. The molecule has 7 heteroatoms. The van der Waals surface area contributed by atoms with Gasteiger partial charge >= 0.3 is 0 Å². The Bertz CT molecular complexity index is 245. The summed E-state index contributed by atoms with van der Waals surface area (Å²) in [7, 11) is 0. The maximum Gasteiger partial charge on any atom is 0.0701 e. The second-order valence-electron chi connectivity index (χ2n) is 6.48. The van der Waals surface area contributed by atoms with Gasteiger partial charge < -0.3 is 28.4 Å². The minimum atomic E-state index is 0.581. The van der Waals surface area contributed by atoms with Gasteiger partial charge in [-0.2, -0.15) is 0 Å². The van der Waals surface area contributed by atoms with E-state index in [9.17, 15) is 0 Å². The highest BCUT2D eigenvalue weighted by molar-refractivity contribution is 14.1. The predicted molar refractivity (Wildman–Crippen MR) is 122 cm³/mol. The van der Waals surface area contributed by atoms with Crippen molar-refractivity contribution in [3.05, 3.63) is 0 Å². The summed E-state index contributed by atoms with van der Waals surface area (Å²) in [5.74, 6) is 0. The van der Waals surface area contributed by atoms with Crippen LogP contribution in [0, 0.1) is 0 Å². The summed E-state index contributed by atoms with van der Waals surface area (Å²) in [5.41, 5.74) is 0. The molecule has 0 fully saturated rings. The molecule has 0 aliphatic heterocycles. The van der Waals surface area contributed by atoms with Gasteiger partial charge in [0.15, 0.2) is 0 Å². The van der Waals surface area contributed by atoms with E-state index in [1.807, 2.05) is 0 Å². The third-order valence-electron chi connectivity index (χ3n) is 3.92. The predicted octanol–water partition coefficient (Wildman–Crippen LogP) is 4.27. The average Bonchev–Trinajstić information content (AvgIpc) is 2.71. The van der Waals surface area contributed by atoms with Crippen LogP contribution in [-0.2, 0) is 28.4 Å². The zero-order chi connectivity index (χ0) is 20.4. The van der Waals surface area contributed by atoms with E-state index in [1.54, 1.807) is 0 Å². The van der Waals surface area contributed by atoms with Gasteiger partial charge in [-0.05, 0) is 23.7 Å². The van der Waals surface area contributed by atoms with Crippen molar-refractivity contribution in [3.63, 3.8) is 0 Å². The quantitative estimate of drug-likeness (QED) is 0.102. The van der Waals surface area contributed by atoms with Crippen molar-refractivity contribution < 1.29 is 28.4 Å². The van der Waals surface area contributed by atoms with Gasteiger partial charge in [0.25, 0.3) is 0 Å². The average molecular weight is 518 g/mol. The monoisotopic (exact) mass is 518 g/mol. The lowest BCUT2D eigenvalue weighted by Crippen LogP contribution is -2.14. The number of halogens is 1. The van der Waals surface area contributed by atoms with Crippen LogP contribution >= 0.6 is 22.6 Å². The Balaban J connectivity index is 2.96. The molecular formula is C21H43IO6. The highest BCUT2D eigenvalue weighted by Crippen LogP contribution is 2.02. The minimum absolute atomic E-state index is 0.581. The first-order chi connectivity index (χ1) is 13.9. The Morgan fingerprint density at radius 1 is 0.393 bits per heavy atom. The highest BCUT2D eigenvalue weighted by atomic mass is 127. The molecule has 0 saturated heterocycles. The van der Waals surface area contributed by atoms with Crippen molar-refractivity contribution in [2.75, 3.05) is 83.7 Å². The van der Waals surface area contributed by atoms with E-state index in [-0.39, 0.29) is 0 Å². The summed E-state index contributed by atoms with van der Waals surface area (Å²) in [6.07, 6.45) is 8.63. The van der Waals surface area contributed by atoms with Crippen LogP contribution < -0.4 is 0 Å². The highest BCUT2D eigenvalue weighted by Gasteiger charge is 1.95. The number of hydrogen-bond acceptors (Lipinski definition) is 6. The topological polar surface area (TPSA) is 55.4 Å². The van der Waals surface area contributed by atoms with Gasteiger partial charge in [0, 0.05) is 13.2 Å². The zero-order valence-electron chi connectivity index (χ0n) is 18.0. The Hall–Kier alpha value is 0.490. The first-order valence-electron chi connectivity index (χ1n) is 10.9. The summed E-state index contributed by atoms with van der Waals surface area (Å²) >= 11 is 2.42. The van der Waals surface area contributed by atoms with Gasteiger partial charge in [-0.3, -0.25) is 0 Å². The van der Waals surface area contributed by atoms with Gasteiger partial charge in [0.2, 0.25) is 0 Å². The first kappa shape index (κ1) is 28.5.